The molecule has 17 heavy (non-hydrogen) atoms. The van der Waals surface area contributed by atoms with Crippen LogP contribution < -0.4 is 0 Å². The first-order chi connectivity index (χ1) is 7.89. The van der Waals surface area contributed by atoms with E-state index in [1.54, 1.807) is 0 Å². The van der Waals surface area contributed by atoms with Gasteiger partial charge in [0.05, 0.1) is 6.10 Å². The molecule has 0 aromatic heterocycles. The van der Waals surface area contributed by atoms with Crippen molar-refractivity contribution in [3.63, 3.8) is 0 Å². The highest BCUT2D eigenvalue weighted by molar-refractivity contribution is 5.14. The summed E-state index contributed by atoms with van der Waals surface area (Å²) < 4.78 is 0. The average molecular weight is 236 g/mol. The van der Waals surface area contributed by atoms with Gasteiger partial charge in [0.25, 0.3) is 0 Å². The highest BCUT2D eigenvalue weighted by atomic mass is 16.3. The normalized spacial score (nSPS) is 56.6. The summed E-state index contributed by atoms with van der Waals surface area (Å²) in [6, 6.07) is 0. The molecule has 3 rings (SSSR count). The van der Waals surface area contributed by atoms with Crippen molar-refractivity contribution in [1.82, 2.24) is 0 Å². The third-order valence-corrected chi connectivity index (χ3v) is 7.21. The zero-order chi connectivity index (χ0) is 12.4. The van der Waals surface area contributed by atoms with Crippen molar-refractivity contribution in [2.45, 2.75) is 65.9 Å². The van der Waals surface area contributed by atoms with Gasteiger partial charge in [-0.05, 0) is 61.2 Å². The predicted molar refractivity (Wildman–Crippen MR) is 70.6 cm³/mol. The van der Waals surface area contributed by atoms with Crippen LogP contribution in [0.5, 0.6) is 0 Å². The van der Waals surface area contributed by atoms with Crippen molar-refractivity contribution in [2.24, 2.45) is 34.5 Å². The zero-order valence-corrected chi connectivity index (χ0v) is 11.9. The monoisotopic (exact) mass is 236 g/mol. The molecule has 0 heterocycles. The van der Waals surface area contributed by atoms with E-state index in [4.69, 9.17) is 0 Å². The highest BCUT2D eigenvalue weighted by Gasteiger charge is 2.65. The molecule has 1 spiro atoms. The van der Waals surface area contributed by atoms with E-state index in [2.05, 4.69) is 27.7 Å². The van der Waals surface area contributed by atoms with E-state index in [0.29, 0.717) is 16.7 Å². The Morgan fingerprint density at radius 3 is 2.29 bits per heavy atom. The van der Waals surface area contributed by atoms with Crippen LogP contribution in [0.25, 0.3) is 0 Å². The minimum absolute atomic E-state index is 0.0106. The van der Waals surface area contributed by atoms with Crippen molar-refractivity contribution in [1.29, 1.82) is 0 Å². The van der Waals surface area contributed by atoms with Gasteiger partial charge >= 0.3 is 0 Å². The summed E-state index contributed by atoms with van der Waals surface area (Å²) in [5, 5.41) is 10.1. The van der Waals surface area contributed by atoms with E-state index in [-0.39, 0.29) is 6.10 Å². The molecule has 6 atom stereocenters. The van der Waals surface area contributed by atoms with Crippen LogP contribution in [0.2, 0.25) is 0 Å². The van der Waals surface area contributed by atoms with E-state index in [0.717, 1.165) is 17.8 Å². The number of hydrogen-bond donors (Lipinski definition) is 1. The maximum atomic E-state index is 10.1. The lowest BCUT2D eigenvalue weighted by Crippen LogP contribution is -2.44. The maximum absolute atomic E-state index is 10.1. The first-order valence-corrected chi connectivity index (χ1v) is 7.57. The number of fused-ring (bicyclic) bond motifs is 1. The Balaban J connectivity index is 1.83. The zero-order valence-electron chi connectivity index (χ0n) is 11.9. The minimum Gasteiger partial charge on any atom is -0.392 e. The van der Waals surface area contributed by atoms with Gasteiger partial charge in [-0.15, -0.1) is 0 Å². The molecule has 0 aliphatic heterocycles. The summed E-state index contributed by atoms with van der Waals surface area (Å²) >= 11 is 0. The van der Waals surface area contributed by atoms with E-state index in [9.17, 15) is 5.11 Å². The molecule has 0 radical (unpaired) electrons. The third-order valence-electron chi connectivity index (χ3n) is 7.21. The lowest BCUT2D eigenvalue weighted by molar-refractivity contribution is -0.0359. The molecule has 3 aliphatic carbocycles. The van der Waals surface area contributed by atoms with Gasteiger partial charge in [0.2, 0.25) is 0 Å². The van der Waals surface area contributed by atoms with Gasteiger partial charge in [0.1, 0.15) is 0 Å². The van der Waals surface area contributed by atoms with E-state index in [1.165, 1.54) is 32.1 Å². The topological polar surface area (TPSA) is 20.2 Å². The first-order valence-electron chi connectivity index (χ1n) is 7.57. The Bertz CT molecular complexity index is 311. The van der Waals surface area contributed by atoms with Gasteiger partial charge < -0.3 is 5.11 Å². The number of hydrogen-bond acceptors (Lipinski definition) is 1. The van der Waals surface area contributed by atoms with Crippen LogP contribution in [0.15, 0.2) is 0 Å². The van der Waals surface area contributed by atoms with E-state index < -0.39 is 0 Å². The summed E-state index contributed by atoms with van der Waals surface area (Å²) in [5.74, 6) is 3.23. The standard InChI is InChI=1S/C16H28O/c1-10-5-6-12-7-8-16(11(2)14(16)17)9-13(12)15(10,3)4/h10-14,17H,5-9H2,1-4H3. The number of rotatable bonds is 0. The van der Waals surface area contributed by atoms with Crippen LogP contribution in [-0.4, -0.2) is 11.2 Å². The van der Waals surface area contributed by atoms with E-state index in [1.807, 2.05) is 0 Å². The maximum Gasteiger partial charge on any atom is 0.0631 e. The van der Waals surface area contributed by atoms with Gasteiger partial charge in [-0.25, -0.2) is 0 Å². The molecule has 0 amide bonds. The second-order valence-electron chi connectivity index (χ2n) is 7.88. The van der Waals surface area contributed by atoms with Crippen molar-refractivity contribution < 1.29 is 5.11 Å². The molecule has 0 aromatic carbocycles. The van der Waals surface area contributed by atoms with Crippen molar-refractivity contribution >= 4 is 0 Å². The molecular weight excluding hydrogens is 208 g/mol. The van der Waals surface area contributed by atoms with Crippen LogP contribution in [0.4, 0.5) is 0 Å². The van der Waals surface area contributed by atoms with Crippen molar-refractivity contribution in [2.75, 3.05) is 0 Å². The summed E-state index contributed by atoms with van der Waals surface area (Å²) in [4.78, 5) is 0. The van der Waals surface area contributed by atoms with Gasteiger partial charge in [-0.1, -0.05) is 27.7 Å². The quantitative estimate of drug-likeness (QED) is 0.677. The van der Waals surface area contributed by atoms with Crippen molar-refractivity contribution in [3.8, 4) is 0 Å². The van der Waals surface area contributed by atoms with Crippen LogP contribution in [0.3, 0.4) is 0 Å². The summed E-state index contributed by atoms with van der Waals surface area (Å²) in [7, 11) is 0. The fourth-order valence-electron chi connectivity index (χ4n) is 5.11. The molecule has 3 saturated carbocycles. The molecule has 3 fully saturated rings. The molecule has 0 aromatic rings. The molecule has 1 heteroatoms. The van der Waals surface area contributed by atoms with Crippen LogP contribution in [-0.2, 0) is 0 Å². The Morgan fingerprint density at radius 2 is 1.71 bits per heavy atom. The molecule has 0 bridgehead atoms. The Kier molecular flexibility index (Phi) is 2.47. The van der Waals surface area contributed by atoms with Crippen molar-refractivity contribution in [3.05, 3.63) is 0 Å². The van der Waals surface area contributed by atoms with Gasteiger partial charge in [0.15, 0.2) is 0 Å². The predicted octanol–water partition coefficient (Wildman–Crippen LogP) is 3.86. The fourth-order valence-corrected chi connectivity index (χ4v) is 5.11. The lowest BCUT2D eigenvalue weighted by atomic mass is 9.53. The third kappa shape index (κ3) is 1.47. The number of aliphatic hydroxyl groups excluding tert-OH is 1. The molecule has 98 valence electrons. The fraction of sp³-hybridized carbons (Fsp3) is 1.00. The molecule has 1 nitrogen and oxygen atoms in total. The minimum atomic E-state index is 0.0106. The molecule has 3 aliphatic rings. The smallest absolute Gasteiger partial charge is 0.0631 e. The molecule has 1 N–H and O–H groups in total. The highest BCUT2D eigenvalue weighted by Crippen LogP contribution is 2.67. The SMILES string of the molecule is CC1CCC2CCC3(CC2C1(C)C)C(C)C3O. The van der Waals surface area contributed by atoms with Gasteiger partial charge in [-0.3, -0.25) is 0 Å². The second-order valence-corrected chi connectivity index (χ2v) is 7.88. The Hall–Kier alpha value is -0.0400. The first kappa shape index (κ1) is 12.0. The van der Waals surface area contributed by atoms with Crippen LogP contribution in [0.1, 0.15) is 59.8 Å². The molecular formula is C16H28O. The lowest BCUT2D eigenvalue weighted by Gasteiger charge is -2.52. The van der Waals surface area contributed by atoms with E-state index >= 15 is 0 Å². The average Bonchev–Trinajstić information content (AvgIpc) is 2.78. The molecule has 0 saturated heterocycles. The Morgan fingerprint density at radius 1 is 1.06 bits per heavy atom. The largest absolute Gasteiger partial charge is 0.392 e. The number of aliphatic hydroxyl groups is 1. The van der Waals surface area contributed by atoms with Crippen LogP contribution in [0, 0.1) is 34.5 Å². The molecule has 6 unspecified atom stereocenters. The summed E-state index contributed by atoms with van der Waals surface area (Å²) in [5.41, 5.74) is 0.813. The van der Waals surface area contributed by atoms with Gasteiger partial charge in [-0.2, -0.15) is 0 Å². The van der Waals surface area contributed by atoms with Crippen LogP contribution >= 0.6 is 0 Å². The summed E-state index contributed by atoms with van der Waals surface area (Å²) in [6.45, 7) is 9.65. The van der Waals surface area contributed by atoms with Gasteiger partial charge in [0, 0.05) is 5.41 Å². The Labute approximate surface area is 106 Å². The second kappa shape index (κ2) is 3.50. The summed E-state index contributed by atoms with van der Waals surface area (Å²) in [6.07, 6.45) is 6.84.